The lowest BCUT2D eigenvalue weighted by molar-refractivity contribution is -0.209. The van der Waals surface area contributed by atoms with Crippen molar-refractivity contribution in [1.82, 2.24) is 0 Å². The molecule has 1 saturated heterocycles. The molecule has 0 aromatic carbocycles. The van der Waals surface area contributed by atoms with Crippen LogP contribution in [0.4, 0.5) is 0 Å². The summed E-state index contributed by atoms with van der Waals surface area (Å²) in [4.78, 5) is 0. The lowest BCUT2D eigenvalue weighted by Crippen LogP contribution is -2.45. The lowest BCUT2D eigenvalue weighted by Gasteiger charge is -2.38. The smallest absolute Gasteiger partial charge is 0.172 e. The van der Waals surface area contributed by atoms with Gasteiger partial charge in [0.2, 0.25) is 0 Å². The van der Waals surface area contributed by atoms with Crippen LogP contribution in [0.25, 0.3) is 0 Å². The molecule has 2 rings (SSSR count). The third-order valence-corrected chi connectivity index (χ3v) is 3.01. The van der Waals surface area contributed by atoms with Gasteiger partial charge in [0.05, 0.1) is 13.2 Å². The maximum Gasteiger partial charge on any atom is 0.172 e. The zero-order valence-electron chi connectivity index (χ0n) is 7.42. The van der Waals surface area contributed by atoms with Crippen molar-refractivity contribution < 1.29 is 9.47 Å². The molecule has 1 unspecified atom stereocenters. The summed E-state index contributed by atoms with van der Waals surface area (Å²) in [6.45, 7) is 2.19. The van der Waals surface area contributed by atoms with Crippen molar-refractivity contribution >= 4 is 0 Å². The van der Waals surface area contributed by atoms with E-state index in [2.05, 4.69) is 0 Å². The van der Waals surface area contributed by atoms with E-state index in [1.165, 1.54) is 12.8 Å². The van der Waals surface area contributed by atoms with Crippen molar-refractivity contribution in [3.05, 3.63) is 0 Å². The van der Waals surface area contributed by atoms with Gasteiger partial charge >= 0.3 is 0 Å². The van der Waals surface area contributed by atoms with Gasteiger partial charge in [-0.3, -0.25) is 0 Å². The molecule has 2 fully saturated rings. The molecule has 1 heterocycles. The zero-order chi connectivity index (χ0) is 8.44. The summed E-state index contributed by atoms with van der Waals surface area (Å²) in [6.07, 6.45) is 4.69. The second kappa shape index (κ2) is 3.32. The Balaban J connectivity index is 2.07. The largest absolute Gasteiger partial charge is 0.347 e. The number of rotatable bonds is 1. The monoisotopic (exact) mass is 171 g/mol. The Bertz CT molecular complexity index is 155. The molecule has 12 heavy (non-hydrogen) atoms. The van der Waals surface area contributed by atoms with Gasteiger partial charge in [-0.1, -0.05) is 6.42 Å². The topological polar surface area (TPSA) is 44.5 Å². The summed E-state index contributed by atoms with van der Waals surface area (Å²) in [5.74, 6) is 0.140. The molecular weight excluding hydrogens is 154 g/mol. The molecule has 0 aromatic heterocycles. The van der Waals surface area contributed by atoms with Crippen LogP contribution >= 0.6 is 0 Å². The van der Waals surface area contributed by atoms with Gasteiger partial charge in [0.1, 0.15) is 0 Å². The maximum atomic E-state index is 5.70. The number of hydrogen-bond donors (Lipinski definition) is 1. The van der Waals surface area contributed by atoms with Crippen molar-refractivity contribution in [2.45, 2.75) is 31.5 Å². The van der Waals surface area contributed by atoms with E-state index in [1.54, 1.807) is 0 Å². The number of hydrogen-bond acceptors (Lipinski definition) is 3. The number of ether oxygens (including phenoxy) is 2. The SMILES string of the molecule is NCC1CCCCC12OCCO2. The summed E-state index contributed by atoms with van der Waals surface area (Å²) in [5.41, 5.74) is 5.70. The molecule has 3 heteroatoms. The van der Waals surface area contributed by atoms with E-state index in [4.69, 9.17) is 15.2 Å². The van der Waals surface area contributed by atoms with Crippen LogP contribution in [0.2, 0.25) is 0 Å². The fraction of sp³-hybridized carbons (Fsp3) is 1.00. The minimum absolute atomic E-state index is 0.285. The lowest BCUT2D eigenvalue weighted by atomic mass is 9.83. The first-order chi connectivity index (χ1) is 5.87. The van der Waals surface area contributed by atoms with Crippen molar-refractivity contribution in [2.24, 2.45) is 11.7 Å². The molecule has 0 radical (unpaired) electrons. The standard InChI is InChI=1S/C9H17NO2/c10-7-8-3-1-2-4-9(8)11-5-6-12-9/h8H,1-7,10H2. The highest BCUT2D eigenvalue weighted by Gasteiger charge is 2.44. The Morgan fingerprint density at radius 3 is 2.67 bits per heavy atom. The van der Waals surface area contributed by atoms with E-state index in [-0.39, 0.29) is 5.79 Å². The minimum atomic E-state index is -0.285. The quantitative estimate of drug-likeness (QED) is 0.637. The fourth-order valence-corrected chi connectivity index (χ4v) is 2.33. The van der Waals surface area contributed by atoms with Crippen LogP contribution < -0.4 is 5.73 Å². The molecular formula is C9H17NO2. The van der Waals surface area contributed by atoms with E-state index in [1.807, 2.05) is 0 Å². The van der Waals surface area contributed by atoms with Crippen LogP contribution in [0.5, 0.6) is 0 Å². The summed E-state index contributed by atoms with van der Waals surface area (Å²) >= 11 is 0. The van der Waals surface area contributed by atoms with E-state index >= 15 is 0 Å². The molecule has 2 N–H and O–H groups in total. The average molecular weight is 171 g/mol. The summed E-state index contributed by atoms with van der Waals surface area (Å²) in [7, 11) is 0. The van der Waals surface area contributed by atoms with Crippen molar-refractivity contribution in [1.29, 1.82) is 0 Å². The predicted octanol–water partition coefficient (Wildman–Crippen LogP) is 0.878. The zero-order valence-corrected chi connectivity index (χ0v) is 7.42. The summed E-state index contributed by atoms with van der Waals surface area (Å²) in [5, 5.41) is 0. The molecule has 1 atom stereocenters. The Morgan fingerprint density at radius 2 is 2.00 bits per heavy atom. The van der Waals surface area contributed by atoms with E-state index in [9.17, 15) is 0 Å². The summed E-state index contributed by atoms with van der Waals surface area (Å²) in [6, 6.07) is 0. The first kappa shape index (κ1) is 8.48. The Labute approximate surface area is 73.2 Å². The predicted molar refractivity (Wildman–Crippen MR) is 45.6 cm³/mol. The van der Waals surface area contributed by atoms with Crippen LogP contribution in [0.1, 0.15) is 25.7 Å². The highest BCUT2D eigenvalue weighted by atomic mass is 16.7. The Morgan fingerprint density at radius 1 is 1.25 bits per heavy atom. The van der Waals surface area contributed by atoms with E-state index in [0.717, 1.165) is 26.1 Å². The normalized spacial score (nSPS) is 34.2. The van der Waals surface area contributed by atoms with Crippen molar-refractivity contribution in [2.75, 3.05) is 19.8 Å². The molecule has 1 aliphatic heterocycles. The third kappa shape index (κ3) is 1.26. The summed E-state index contributed by atoms with van der Waals surface area (Å²) < 4.78 is 11.4. The van der Waals surface area contributed by atoms with Crippen LogP contribution in [-0.2, 0) is 9.47 Å². The van der Waals surface area contributed by atoms with Gasteiger partial charge in [-0.2, -0.15) is 0 Å². The van der Waals surface area contributed by atoms with Crippen LogP contribution in [0.15, 0.2) is 0 Å². The molecule has 3 nitrogen and oxygen atoms in total. The molecule has 0 amide bonds. The Hall–Kier alpha value is -0.120. The minimum Gasteiger partial charge on any atom is -0.347 e. The number of nitrogens with two attached hydrogens (primary N) is 1. The highest BCUT2D eigenvalue weighted by molar-refractivity contribution is 4.87. The van der Waals surface area contributed by atoms with Gasteiger partial charge in [-0.15, -0.1) is 0 Å². The molecule has 1 saturated carbocycles. The second-order valence-electron chi connectivity index (χ2n) is 3.69. The third-order valence-electron chi connectivity index (χ3n) is 3.01. The van der Waals surface area contributed by atoms with Gasteiger partial charge in [-0.05, 0) is 12.8 Å². The first-order valence-corrected chi connectivity index (χ1v) is 4.85. The van der Waals surface area contributed by atoms with Crippen molar-refractivity contribution in [3.8, 4) is 0 Å². The molecule has 0 aromatic rings. The van der Waals surface area contributed by atoms with Gasteiger partial charge in [0.15, 0.2) is 5.79 Å². The molecule has 0 bridgehead atoms. The van der Waals surface area contributed by atoms with Gasteiger partial charge in [0, 0.05) is 18.9 Å². The van der Waals surface area contributed by atoms with Crippen LogP contribution in [0.3, 0.4) is 0 Å². The Kier molecular flexibility index (Phi) is 2.35. The fourth-order valence-electron chi connectivity index (χ4n) is 2.33. The van der Waals surface area contributed by atoms with E-state index < -0.39 is 0 Å². The molecule has 2 aliphatic rings. The maximum absolute atomic E-state index is 5.70. The first-order valence-electron chi connectivity index (χ1n) is 4.85. The van der Waals surface area contributed by atoms with Crippen molar-refractivity contribution in [3.63, 3.8) is 0 Å². The highest BCUT2D eigenvalue weighted by Crippen LogP contribution is 2.39. The van der Waals surface area contributed by atoms with E-state index in [0.29, 0.717) is 12.5 Å². The second-order valence-corrected chi connectivity index (χ2v) is 3.69. The van der Waals surface area contributed by atoms with Gasteiger partial charge in [0.25, 0.3) is 0 Å². The van der Waals surface area contributed by atoms with Gasteiger partial charge in [-0.25, -0.2) is 0 Å². The molecule has 1 aliphatic carbocycles. The van der Waals surface area contributed by atoms with Gasteiger partial charge < -0.3 is 15.2 Å². The van der Waals surface area contributed by atoms with Crippen LogP contribution in [0, 0.1) is 5.92 Å². The van der Waals surface area contributed by atoms with Crippen LogP contribution in [-0.4, -0.2) is 25.5 Å². The average Bonchev–Trinajstić information content (AvgIpc) is 2.55. The molecule has 70 valence electrons. The molecule has 1 spiro atoms.